The lowest BCUT2D eigenvalue weighted by Crippen LogP contribution is -1.95. The zero-order chi connectivity index (χ0) is 32.8. The van der Waals surface area contributed by atoms with E-state index in [0.717, 1.165) is 44.2 Å². The lowest BCUT2D eigenvalue weighted by atomic mass is 9.92. The molecule has 11 rings (SSSR count). The quantitative estimate of drug-likeness (QED) is 0.178. The van der Waals surface area contributed by atoms with Crippen molar-refractivity contribution in [2.45, 2.75) is 0 Å². The highest BCUT2D eigenvalue weighted by molar-refractivity contribution is 7.25. The molecular weight excluding hydrogens is 631 g/mol. The van der Waals surface area contributed by atoms with E-state index in [-0.39, 0.29) is 0 Å². The zero-order valence-corrected chi connectivity index (χ0v) is 27.4. The fourth-order valence-electron chi connectivity index (χ4n) is 7.71. The van der Waals surface area contributed by atoms with Crippen LogP contribution in [-0.4, -0.2) is 15.0 Å². The van der Waals surface area contributed by atoms with Crippen LogP contribution >= 0.6 is 11.3 Å². The normalized spacial score (nSPS) is 12.0. The van der Waals surface area contributed by atoms with Gasteiger partial charge in [0.25, 0.3) is 0 Å². The third-order valence-electron chi connectivity index (χ3n) is 10.0. The van der Waals surface area contributed by atoms with Crippen molar-refractivity contribution in [3.63, 3.8) is 0 Å². The Kier molecular flexibility index (Phi) is 5.80. The van der Waals surface area contributed by atoms with Gasteiger partial charge in [-0.05, 0) is 92.0 Å². The van der Waals surface area contributed by atoms with Gasteiger partial charge in [0.2, 0.25) is 0 Å². The molecule has 8 aromatic carbocycles. The molecule has 0 saturated heterocycles. The Bertz CT molecular complexity index is 3140. The fourth-order valence-corrected chi connectivity index (χ4v) is 8.80. The third-order valence-corrected chi connectivity index (χ3v) is 11.2. The number of hydrogen-bond donors (Lipinski definition) is 0. The van der Waals surface area contributed by atoms with Crippen LogP contribution in [0.3, 0.4) is 0 Å². The number of aromatic nitrogens is 3. The number of nitrogens with zero attached hydrogens (tertiary/aromatic N) is 3. The molecule has 0 aliphatic rings. The number of rotatable bonds is 3. The van der Waals surface area contributed by atoms with Gasteiger partial charge in [-0.15, -0.1) is 11.3 Å². The van der Waals surface area contributed by atoms with Crippen molar-refractivity contribution in [3.8, 4) is 33.9 Å². The van der Waals surface area contributed by atoms with Crippen LogP contribution < -0.4 is 0 Å². The second-order valence-corrected chi connectivity index (χ2v) is 13.9. The van der Waals surface area contributed by atoms with Crippen LogP contribution in [-0.2, 0) is 0 Å². The summed E-state index contributed by atoms with van der Waals surface area (Å²) in [4.78, 5) is 14.3. The minimum Gasteiger partial charge on any atom is -0.456 e. The van der Waals surface area contributed by atoms with Crippen molar-refractivity contribution in [2.75, 3.05) is 0 Å². The molecule has 0 spiro atoms. The summed E-state index contributed by atoms with van der Waals surface area (Å²) in [6.45, 7) is 0. The molecule has 0 radical (unpaired) electrons. The fraction of sp³-hybridized carbons (Fsp3) is 0. The van der Waals surface area contributed by atoms with Gasteiger partial charge < -0.3 is 4.42 Å². The Morgan fingerprint density at radius 3 is 1.80 bits per heavy atom. The lowest BCUT2D eigenvalue weighted by Gasteiger charge is -2.12. The van der Waals surface area contributed by atoms with Crippen molar-refractivity contribution >= 4 is 85.8 Å². The van der Waals surface area contributed by atoms with Gasteiger partial charge in [0, 0.05) is 42.1 Å². The Morgan fingerprint density at radius 2 is 1.00 bits per heavy atom. The summed E-state index contributed by atoms with van der Waals surface area (Å²) >= 11 is 1.81. The summed E-state index contributed by atoms with van der Waals surface area (Å²) in [5.74, 6) is 1.27. The highest BCUT2D eigenvalue weighted by Gasteiger charge is 2.17. The summed E-state index contributed by atoms with van der Waals surface area (Å²) in [7, 11) is 0. The molecule has 0 fully saturated rings. The number of hydrogen-bond acceptors (Lipinski definition) is 5. The number of thiophene rings is 1. The molecule has 0 unspecified atom stereocenters. The van der Waals surface area contributed by atoms with Crippen LogP contribution in [0, 0.1) is 0 Å². The van der Waals surface area contributed by atoms with Crippen LogP contribution in [0.4, 0.5) is 0 Å². The number of benzene rings is 8. The molecule has 5 heteroatoms. The molecule has 11 aromatic rings. The van der Waals surface area contributed by atoms with Gasteiger partial charge in [0.1, 0.15) is 17.5 Å². The second-order valence-electron chi connectivity index (χ2n) is 12.8. The van der Waals surface area contributed by atoms with Crippen LogP contribution in [0.25, 0.3) is 108 Å². The predicted octanol–water partition coefficient (Wildman–Crippen LogP) is 12.6. The molecule has 0 aliphatic carbocycles. The van der Waals surface area contributed by atoms with Crippen LogP contribution in [0.15, 0.2) is 156 Å². The summed E-state index contributed by atoms with van der Waals surface area (Å²) in [5, 5.41) is 12.1. The van der Waals surface area contributed by atoms with E-state index in [9.17, 15) is 0 Å². The summed E-state index contributed by atoms with van der Waals surface area (Å²) in [5.41, 5.74) is 5.80. The van der Waals surface area contributed by atoms with Gasteiger partial charge in [-0.25, -0.2) is 15.0 Å². The first-order valence-electron chi connectivity index (χ1n) is 16.7. The topological polar surface area (TPSA) is 51.8 Å². The molecule has 3 aromatic heterocycles. The molecule has 232 valence electrons. The summed E-state index contributed by atoms with van der Waals surface area (Å²) < 4.78 is 8.94. The smallest absolute Gasteiger partial charge is 0.164 e. The molecule has 0 atom stereocenters. The van der Waals surface area contributed by atoms with Gasteiger partial charge in [-0.1, -0.05) is 97.1 Å². The maximum Gasteiger partial charge on any atom is 0.164 e. The first-order valence-corrected chi connectivity index (χ1v) is 17.5. The molecule has 3 heterocycles. The van der Waals surface area contributed by atoms with E-state index < -0.39 is 0 Å². The number of furan rings is 1. The van der Waals surface area contributed by atoms with E-state index in [0.29, 0.717) is 11.6 Å². The van der Waals surface area contributed by atoms with E-state index in [1.807, 2.05) is 12.1 Å². The van der Waals surface area contributed by atoms with Crippen molar-refractivity contribution in [1.82, 2.24) is 15.0 Å². The molecule has 0 aliphatic heterocycles. The van der Waals surface area contributed by atoms with Gasteiger partial charge in [-0.2, -0.15) is 0 Å². The van der Waals surface area contributed by atoms with Crippen LogP contribution in [0.5, 0.6) is 0 Å². The standard InChI is InChI=1S/C45H25N3OS/c1-2-10-31-29(8-1)30-9-3-4-11-32(30)36-22-26(16-19-33(31)36)27-17-20-39-38(23-27)43-35(13-7-14-40(43)49-39)45-47-25-46-44(48-45)28-18-21-42-37(24-28)34-12-5-6-15-41(34)50-42/h1-25H. The first-order chi connectivity index (χ1) is 24.8. The Morgan fingerprint density at radius 1 is 0.400 bits per heavy atom. The third kappa shape index (κ3) is 4.08. The van der Waals surface area contributed by atoms with Crippen molar-refractivity contribution < 1.29 is 4.42 Å². The molecule has 0 saturated carbocycles. The molecule has 0 bridgehead atoms. The van der Waals surface area contributed by atoms with Gasteiger partial charge >= 0.3 is 0 Å². The summed E-state index contributed by atoms with van der Waals surface area (Å²) in [6, 6.07) is 51.8. The first kappa shape index (κ1) is 27.5. The largest absolute Gasteiger partial charge is 0.456 e. The minimum atomic E-state index is 0.619. The SMILES string of the molecule is c1cc(-c2ncnc(-c3ccc4sc5ccccc5c4c3)n2)c2c(c1)oc1ccc(-c3ccc4c5ccccc5c5ccccc5c4c3)cc12. The second kappa shape index (κ2) is 10.5. The van der Waals surface area contributed by atoms with Crippen LogP contribution in [0.1, 0.15) is 0 Å². The number of fused-ring (bicyclic) bond motifs is 12. The van der Waals surface area contributed by atoms with E-state index >= 15 is 0 Å². The van der Waals surface area contributed by atoms with Crippen LogP contribution in [0.2, 0.25) is 0 Å². The highest BCUT2D eigenvalue weighted by Crippen LogP contribution is 2.41. The molecule has 4 nitrogen and oxygen atoms in total. The van der Waals surface area contributed by atoms with E-state index in [1.54, 1.807) is 17.7 Å². The maximum atomic E-state index is 6.41. The maximum absolute atomic E-state index is 6.41. The van der Waals surface area contributed by atoms with Gasteiger partial charge in [0.15, 0.2) is 11.6 Å². The Labute approximate surface area is 289 Å². The molecule has 0 amide bonds. The average molecular weight is 656 g/mol. The van der Waals surface area contributed by atoms with Crippen molar-refractivity contribution in [1.29, 1.82) is 0 Å². The monoisotopic (exact) mass is 655 g/mol. The van der Waals surface area contributed by atoms with E-state index in [1.165, 1.54) is 52.5 Å². The Balaban J connectivity index is 1.07. The van der Waals surface area contributed by atoms with E-state index in [4.69, 9.17) is 9.40 Å². The van der Waals surface area contributed by atoms with E-state index in [2.05, 4.69) is 143 Å². The zero-order valence-electron chi connectivity index (χ0n) is 26.6. The highest BCUT2D eigenvalue weighted by atomic mass is 32.1. The predicted molar refractivity (Wildman–Crippen MR) is 209 cm³/mol. The van der Waals surface area contributed by atoms with Crippen molar-refractivity contribution in [3.05, 3.63) is 152 Å². The molecular formula is C45H25N3OS. The summed E-state index contributed by atoms with van der Waals surface area (Å²) in [6.07, 6.45) is 1.61. The molecule has 50 heavy (non-hydrogen) atoms. The van der Waals surface area contributed by atoms with Crippen molar-refractivity contribution in [2.24, 2.45) is 0 Å². The van der Waals surface area contributed by atoms with Gasteiger partial charge in [-0.3, -0.25) is 0 Å². The lowest BCUT2D eigenvalue weighted by molar-refractivity contribution is 0.669. The molecule has 0 N–H and O–H groups in total. The Hall–Kier alpha value is -6.43. The average Bonchev–Trinajstić information content (AvgIpc) is 3.75. The van der Waals surface area contributed by atoms with Gasteiger partial charge in [0.05, 0.1) is 0 Å². The minimum absolute atomic E-state index is 0.619.